The zero-order valence-corrected chi connectivity index (χ0v) is 20.8. The number of amides is 3. The van der Waals surface area contributed by atoms with E-state index in [0.717, 1.165) is 23.3 Å². The molecule has 1 fully saturated rings. The summed E-state index contributed by atoms with van der Waals surface area (Å²) in [6, 6.07) is 20.3. The highest BCUT2D eigenvalue weighted by atomic mass is 16.5. The smallest absolute Gasteiger partial charge is 0.324 e. The third-order valence-corrected chi connectivity index (χ3v) is 6.10. The third kappa shape index (κ3) is 5.89. The first-order valence-electron chi connectivity index (χ1n) is 11.8. The summed E-state index contributed by atoms with van der Waals surface area (Å²) in [6.07, 6.45) is 1.02. The molecule has 1 heterocycles. The Hall–Kier alpha value is -4.20. The van der Waals surface area contributed by atoms with Crippen LogP contribution < -0.4 is 24.4 Å². The minimum Gasteiger partial charge on any atom is -0.497 e. The van der Waals surface area contributed by atoms with Gasteiger partial charge in [0.05, 0.1) is 33.4 Å². The van der Waals surface area contributed by atoms with Crippen LogP contribution in [0.1, 0.15) is 17.5 Å². The molecule has 3 aromatic carbocycles. The standard InChI is InChI=1S/C28H31N3O5/c1-34-23-11-8-20(9-12-23)19-30-14-5-15-31(28(30)33)25-18-22(10-13-26(25)36-3)29-27(32)17-21-6-4-7-24(16-21)35-2/h4,6-13,16,18H,5,14-15,17,19H2,1-3H3,(H,29,32). The van der Waals surface area contributed by atoms with E-state index in [2.05, 4.69) is 5.32 Å². The van der Waals surface area contributed by atoms with Gasteiger partial charge in [-0.3, -0.25) is 9.69 Å². The molecule has 0 atom stereocenters. The lowest BCUT2D eigenvalue weighted by Gasteiger charge is -2.36. The number of carbonyl (C=O) groups excluding carboxylic acids is 2. The first-order chi connectivity index (χ1) is 17.5. The quantitative estimate of drug-likeness (QED) is 0.470. The van der Waals surface area contributed by atoms with Crippen molar-refractivity contribution in [2.45, 2.75) is 19.4 Å². The summed E-state index contributed by atoms with van der Waals surface area (Å²) in [5, 5.41) is 2.94. The van der Waals surface area contributed by atoms with Crippen molar-refractivity contribution in [3.05, 3.63) is 77.9 Å². The highest BCUT2D eigenvalue weighted by molar-refractivity contribution is 5.97. The van der Waals surface area contributed by atoms with Gasteiger partial charge in [-0.1, -0.05) is 24.3 Å². The monoisotopic (exact) mass is 489 g/mol. The number of nitrogens with one attached hydrogen (secondary N) is 1. The molecule has 188 valence electrons. The summed E-state index contributed by atoms with van der Waals surface area (Å²) in [4.78, 5) is 29.7. The van der Waals surface area contributed by atoms with Gasteiger partial charge in [0.25, 0.3) is 0 Å². The summed E-state index contributed by atoms with van der Waals surface area (Å²) in [5.41, 5.74) is 3.09. The first kappa shape index (κ1) is 24.9. The SMILES string of the molecule is COc1ccc(CN2CCCN(c3cc(NC(=O)Cc4cccc(OC)c4)ccc3OC)C2=O)cc1. The maximum absolute atomic E-state index is 13.4. The predicted molar refractivity (Wildman–Crippen MR) is 139 cm³/mol. The molecule has 1 aliphatic heterocycles. The van der Waals surface area contributed by atoms with Gasteiger partial charge in [0, 0.05) is 25.3 Å². The summed E-state index contributed by atoms with van der Waals surface area (Å²) < 4.78 is 16.0. The minimum absolute atomic E-state index is 0.102. The highest BCUT2D eigenvalue weighted by Gasteiger charge is 2.29. The number of urea groups is 1. The number of carbonyl (C=O) groups is 2. The maximum atomic E-state index is 13.4. The van der Waals surface area contributed by atoms with Gasteiger partial charge < -0.3 is 24.4 Å². The third-order valence-electron chi connectivity index (χ3n) is 6.10. The minimum atomic E-state index is -0.162. The van der Waals surface area contributed by atoms with E-state index < -0.39 is 0 Å². The van der Waals surface area contributed by atoms with Gasteiger partial charge in [0.1, 0.15) is 17.2 Å². The number of ether oxygens (including phenoxy) is 3. The molecule has 1 saturated heterocycles. The summed E-state index contributed by atoms with van der Waals surface area (Å²) in [7, 11) is 4.80. The fourth-order valence-corrected chi connectivity index (χ4v) is 4.25. The maximum Gasteiger partial charge on any atom is 0.324 e. The van der Waals surface area contributed by atoms with E-state index >= 15 is 0 Å². The van der Waals surface area contributed by atoms with E-state index in [1.807, 2.05) is 53.4 Å². The number of anilines is 2. The topological polar surface area (TPSA) is 80.3 Å². The second kappa shape index (κ2) is 11.5. The van der Waals surface area contributed by atoms with Gasteiger partial charge in [-0.15, -0.1) is 0 Å². The van der Waals surface area contributed by atoms with Crippen molar-refractivity contribution in [1.29, 1.82) is 0 Å². The molecule has 4 rings (SSSR count). The second-order valence-corrected chi connectivity index (χ2v) is 8.52. The van der Waals surface area contributed by atoms with Crippen LogP contribution in [0.3, 0.4) is 0 Å². The molecule has 0 radical (unpaired) electrons. The Morgan fingerprint density at radius 1 is 0.861 bits per heavy atom. The van der Waals surface area contributed by atoms with Crippen LogP contribution in [0.15, 0.2) is 66.7 Å². The number of benzene rings is 3. The van der Waals surface area contributed by atoms with Crippen LogP contribution in [0.4, 0.5) is 16.2 Å². The summed E-state index contributed by atoms with van der Waals surface area (Å²) >= 11 is 0. The zero-order chi connectivity index (χ0) is 25.5. The highest BCUT2D eigenvalue weighted by Crippen LogP contribution is 2.34. The molecule has 0 spiro atoms. The van der Waals surface area contributed by atoms with Crippen molar-refractivity contribution in [2.24, 2.45) is 0 Å². The lowest BCUT2D eigenvalue weighted by atomic mass is 10.1. The molecular formula is C28H31N3O5. The van der Waals surface area contributed by atoms with E-state index in [-0.39, 0.29) is 18.4 Å². The van der Waals surface area contributed by atoms with Crippen molar-refractivity contribution in [1.82, 2.24) is 4.90 Å². The number of rotatable bonds is 9. The van der Waals surface area contributed by atoms with Crippen LogP contribution >= 0.6 is 0 Å². The number of hydrogen-bond acceptors (Lipinski definition) is 5. The lowest BCUT2D eigenvalue weighted by Crippen LogP contribution is -2.49. The molecular weight excluding hydrogens is 458 g/mol. The van der Waals surface area contributed by atoms with E-state index in [1.54, 1.807) is 44.4 Å². The molecule has 0 bridgehead atoms. The molecule has 3 amide bonds. The Bertz CT molecular complexity index is 1210. The second-order valence-electron chi connectivity index (χ2n) is 8.52. The molecule has 36 heavy (non-hydrogen) atoms. The van der Waals surface area contributed by atoms with Crippen molar-refractivity contribution < 1.29 is 23.8 Å². The van der Waals surface area contributed by atoms with Crippen LogP contribution in [0, 0.1) is 0 Å². The van der Waals surface area contributed by atoms with Gasteiger partial charge in [-0.2, -0.15) is 0 Å². The van der Waals surface area contributed by atoms with Crippen LogP contribution in [0.25, 0.3) is 0 Å². The van der Waals surface area contributed by atoms with Gasteiger partial charge in [0.15, 0.2) is 0 Å². The molecule has 0 saturated carbocycles. The lowest BCUT2D eigenvalue weighted by molar-refractivity contribution is -0.115. The molecule has 1 aliphatic rings. The normalized spacial score (nSPS) is 13.4. The fourth-order valence-electron chi connectivity index (χ4n) is 4.25. The number of nitrogens with zero attached hydrogens (tertiary/aromatic N) is 2. The Kier molecular flexibility index (Phi) is 7.95. The van der Waals surface area contributed by atoms with E-state index in [0.29, 0.717) is 42.5 Å². The Labute approximate surface area is 211 Å². The van der Waals surface area contributed by atoms with Crippen LogP contribution in [-0.4, -0.2) is 51.3 Å². The van der Waals surface area contributed by atoms with Crippen molar-refractivity contribution >= 4 is 23.3 Å². The van der Waals surface area contributed by atoms with Crippen LogP contribution in [0.2, 0.25) is 0 Å². The summed E-state index contributed by atoms with van der Waals surface area (Å²) in [6.45, 7) is 1.73. The summed E-state index contributed by atoms with van der Waals surface area (Å²) in [5.74, 6) is 1.89. The van der Waals surface area contributed by atoms with E-state index in [9.17, 15) is 9.59 Å². The van der Waals surface area contributed by atoms with Gasteiger partial charge in [-0.25, -0.2) is 4.79 Å². The Balaban J connectivity index is 1.48. The average molecular weight is 490 g/mol. The zero-order valence-electron chi connectivity index (χ0n) is 20.8. The average Bonchev–Trinajstić information content (AvgIpc) is 2.90. The molecule has 0 aliphatic carbocycles. The fraction of sp³-hybridized carbons (Fsp3) is 0.286. The molecule has 8 heteroatoms. The molecule has 1 N–H and O–H groups in total. The molecule has 8 nitrogen and oxygen atoms in total. The Morgan fingerprint density at radius 2 is 1.64 bits per heavy atom. The van der Waals surface area contributed by atoms with Crippen LogP contribution in [-0.2, 0) is 17.8 Å². The van der Waals surface area contributed by atoms with E-state index in [1.165, 1.54) is 0 Å². The number of methoxy groups -OCH3 is 3. The van der Waals surface area contributed by atoms with E-state index in [4.69, 9.17) is 14.2 Å². The molecule has 3 aromatic rings. The van der Waals surface area contributed by atoms with Crippen molar-refractivity contribution in [3.8, 4) is 17.2 Å². The first-order valence-corrected chi connectivity index (χ1v) is 11.8. The van der Waals surface area contributed by atoms with Gasteiger partial charge in [0.2, 0.25) is 5.91 Å². The van der Waals surface area contributed by atoms with Gasteiger partial charge >= 0.3 is 6.03 Å². The predicted octanol–water partition coefficient (Wildman–Crippen LogP) is 4.73. The van der Waals surface area contributed by atoms with Crippen LogP contribution in [0.5, 0.6) is 17.2 Å². The number of hydrogen-bond donors (Lipinski definition) is 1. The van der Waals surface area contributed by atoms with Crippen molar-refractivity contribution in [3.63, 3.8) is 0 Å². The molecule has 0 aromatic heterocycles. The Morgan fingerprint density at radius 3 is 2.36 bits per heavy atom. The van der Waals surface area contributed by atoms with Gasteiger partial charge in [-0.05, 0) is 60.0 Å². The molecule has 0 unspecified atom stereocenters. The largest absolute Gasteiger partial charge is 0.497 e. The van der Waals surface area contributed by atoms with Crippen molar-refractivity contribution in [2.75, 3.05) is 44.6 Å².